The molecular weight excluding hydrogens is 302 g/mol. The van der Waals surface area contributed by atoms with Gasteiger partial charge in [-0.2, -0.15) is 0 Å². The lowest BCUT2D eigenvalue weighted by molar-refractivity contribution is 0.0807. The van der Waals surface area contributed by atoms with E-state index in [0.717, 1.165) is 30.0 Å². The Kier molecular flexibility index (Phi) is 5.07. The summed E-state index contributed by atoms with van der Waals surface area (Å²) in [6, 6.07) is 14.4. The Bertz CT molecular complexity index is 670. The third-order valence-corrected chi connectivity index (χ3v) is 4.97. The van der Waals surface area contributed by atoms with Gasteiger partial charge >= 0.3 is 0 Å². The number of hydrogen-bond acceptors (Lipinski definition) is 4. The molecule has 0 aromatic heterocycles. The van der Waals surface area contributed by atoms with Gasteiger partial charge < -0.3 is 14.6 Å². The Balaban J connectivity index is 1.98. The number of nitrogens with zero attached hydrogens (tertiary/aromatic N) is 1. The van der Waals surface area contributed by atoms with E-state index in [9.17, 15) is 5.11 Å². The van der Waals surface area contributed by atoms with Crippen molar-refractivity contribution < 1.29 is 14.6 Å². The normalized spacial score (nSPS) is 18.8. The van der Waals surface area contributed by atoms with Crippen LogP contribution in [0.4, 0.5) is 0 Å². The Morgan fingerprint density at radius 1 is 1.17 bits per heavy atom. The predicted molar refractivity (Wildman–Crippen MR) is 94.6 cm³/mol. The van der Waals surface area contributed by atoms with Gasteiger partial charge in [0.25, 0.3) is 0 Å². The van der Waals surface area contributed by atoms with E-state index in [0.29, 0.717) is 0 Å². The van der Waals surface area contributed by atoms with Crippen LogP contribution in [0.1, 0.15) is 35.7 Å². The highest BCUT2D eigenvalue weighted by atomic mass is 16.5. The molecular formula is C20H25NO3. The molecule has 0 bridgehead atoms. The minimum absolute atomic E-state index is 0.0128. The lowest BCUT2D eigenvalue weighted by Crippen LogP contribution is -2.38. The molecule has 0 amide bonds. The highest BCUT2D eigenvalue weighted by molar-refractivity contribution is 5.49. The average molecular weight is 327 g/mol. The number of hydrogen-bond donors (Lipinski definition) is 1. The fourth-order valence-corrected chi connectivity index (χ4v) is 3.74. The van der Waals surface area contributed by atoms with Gasteiger partial charge in [-0.3, -0.25) is 4.90 Å². The second-order valence-electron chi connectivity index (χ2n) is 6.18. The van der Waals surface area contributed by atoms with Gasteiger partial charge in [0, 0.05) is 24.2 Å². The van der Waals surface area contributed by atoms with E-state index in [1.54, 1.807) is 14.2 Å². The van der Waals surface area contributed by atoms with Crippen LogP contribution in [0.15, 0.2) is 42.5 Å². The number of methoxy groups -OCH3 is 2. The van der Waals surface area contributed by atoms with E-state index >= 15 is 0 Å². The van der Waals surface area contributed by atoms with E-state index in [-0.39, 0.29) is 18.7 Å². The second-order valence-corrected chi connectivity index (χ2v) is 6.18. The maximum Gasteiger partial charge on any atom is 0.127 e. The molecule has 2 aromatic carbocycles. The van der Waals surface area contributed by atoms with Crippen molar-refractivity contribution in [1.82, 2.24) is 4.90 Å². The van der Waals surface area contributed by atoms with E-state index in [2.05, 4.69) is 30.0 Å². The summed E-state index contributed by atoms with van der Waals surface area (Å²) < 4.78 is 11.0. The largest absolute Gasteiger partial charge is 0.497 e. The van der Waals surface area contributed by atoms with Crippen LogP contribution < -0.4 is 9.47 Å². The first kappa shape index (κ1) is 16.8. The zero-order chi connectivity index (χ0) is 17.1. The van der Waals surface area contributed by atoms with Gasteiger partial charge in [-0.05, 0) is 30.5 Å². The minimum Gasteiger partial charge on any atom is -0.497 e. The smallest absolute Gasteiger partial charge is 0.127 e. The summed E-state index contributed by atoms with van der Waals surface area (Å²) in [4.78, 5) is 2.35. The van der Waals surface area contributed by atoms with Gasteiger partial charge in [-0.15, -0.1) is 0 Å². The average Bonchev–Trinajstić information content (AvgIpc) is 2.64. The first-order valence-electron chi connectivity index (χ1n) is 8.36. The molecule has 4 nitrogen and oxygen atoms in total. The molecule has 24 heavy (non-hydrogen) atoms. The Morgan fingerprint density at radius 3 is 2.54 bits per heavy atom. The summed E-state index contributed by atoms with van der Waals surface area (Å²) in [5.74, 6) is 1.68. The van der Waals surface area contributed by atoms with Gasteiger partial charge in [-0.25, -0.2) is 0 Å². The predicted octanol–water partition coefficient (Wildman–Crippen LogP) is 3.36. The summed E-state index contributed by atoms with van der Waals surface area (Å²) in [5, 5.41) is 10.0. The zero-order valence-electron chi connectivity index (χ0n) is 14.5. The fourth-order valence-electron chi connectivity index (χ4n) is 3.74. The Morgan fingerprint density at radius 2 is 1.92 bits per heavy atom. The molecule has 0 fully saturated rings. The summed E-state index contributed by atoms with van der Waals surface area (Å²) in [5.41, 5.74) is 3.60. The van der Waals surface area contributed by atoms with Crippen LogP contribution in [0.25, 0.3) is 0 Å². The summed E-state index contributed by atoms with van der Waals surface area (Å²) in [6.07, 6.45) is 0.913. The number of aliphatic hydroxyl groups is 1. The van der Waals surface area contributed by atoms with E-state index in [1.807, 2.05) is 24.3 Å². The number of aliphatic hydroxyl groups excluding tert-OH is 1. The number of benzene rings is 2. The van der Waals surface area contributed by atoms with E-state index in [4.69, 9.17) is 9.47 Å². The quantitative estimate of drug-likeness (QED) is 0.914. The second kappa shape index (κ2) is 7.24. The van der Waals surface area contributed by atoms with Crippen molar-refractivity contribution in [2.24, 2.45) is 0 Å². The topological polar surface area (TPSA) is 41.9 Å². The van der Waals surface area contributed by atoms with Crippen molar-refractivity contribution in [3.8, 4) is 11.5 Å². The Hall–Kier alpha value is -2.04. The highest BCUT2D eigenvalue weighted by Crippen LogP contribution is 2.42. The molecule has 2 aromatic rings. The number of fused-ring (bicyclic) bond motifs is 1. The lowest BCUT2D eigenvalue weighted by Gasteiger charge is -2.41. The van der Waals surface area contributed by atoms with Crippen LogP contribution in [-0.4, -0.2) is 37.4 Å². The molecule has 3 rings (SSSR count). The third kappa shape index (κ3) is 2.99. The first-order chi connectivity index (χ1) is 11.7. The van der Waals surface area contributed by atoms with Crippen molar-refractivity contribution >= 4 is 0 Å². The maximum absolute atomic E-state index is 10.0. The lowest BCUT2D eigenvalue weighted by atomic mass is 9.90. The SMILES string of the molecule is COc1cc2c(c(OC)c1)[C@@H](C)N([C@@H](CO)c1ccccc1)CC2. The zero-order valence-corrected chi connectivity index (χ0v) is 14.5. The molecule has 0 saturated heterocycles. The van der Waals surface area contributed by atoms with Crippen molar-refractivity contribution in [3.63, 3.8) is 0 Å². The van der Waals surface area contributed by atoms with E-state index < -0.39 is 0 Å². The van der Waals surface area contributed by atoms with Gasteiger partial charge in [0.05, 0.1) is 26.9 Å². The van der Waals surface area contributed by atoms with Gasteiger partial charge in [-0.1, -0.05) is 30.3 Å². The van der Waals surface area contributed by atoms with Gasteiger partial charge in [0.1, 0.15) is 11.5 Å². The summed E-state index contributed by atoms with van der Waals surface area (Å²) in [7, 11) is 3.37. The molecule has 1 aliphatic heterocycles. The number of rotatable bonds is 5. The molecule has 2 atom stereocenters. The summed E-state index contributed by atoms with van der Waals surface area (Å²) in [6.45, 7) is 3.17. The Labute approximate surface area is 143 Å². The molecule has 0 saturated carbocycles. The number of ether oxygens (including phenoxy) is 2. The van der Waals surface area contributed by atoms with Crippen LogP contribution in [0.5, 0.6) is 11.5 Å². The molecule has 128 valence electrons. The molecule has 0 radical (unpaired) electrons. The van der Waals surface area contributed by atoms with Crippen LogP contribution in [0.3, 0.4) is 0 Å². The van der Waals surface area contributed by atoms with Crippen molar-refractivity contribution in [2.45, 2.75) is 25.4 Å². The van der Waals surface area contributed by atoms with Gasteiger partial charge in [0.15, 0.2) is 0 Å². The molecule has 1 N–H and O–H groups in total. The fraction of sp³-hybridized carbons (Fsp3) is 0.400. The standard InChI is InChI=1S/C20H25NO3/c1-14-20-16(11-17(23-2)12-19(20)24-3)9-10-21(14)18(13-22)15-7-5-4-6-8-15/h4-8,11-12,14,18,22H,9-10,13H2,1-3H3/t14-,18+/m1/s1. The molecule has 1 aliphatic rings. The highest BCUT2D eigenvalue weighted by Gasteiger charge is 2.32. The van der Waals surface area contributed by atoms with Crippen molar-refractivity contribution in [1.29, 1.82) is 0 Å². The van der Waals surface area contributed by atoms with Gasteiger partial charge in [0.2, 0.25) is 0 Å². The van der Waals surface area contributed by atoms with Crippen molar-refractivity contribution in [3.05, 3.63) is 59.2 Å². The minimum atomic E-state index is -0.0128. The third-order valence-electron chi connectivity index (χ3n) is 4.97. The van der Waals surface area contributed by atoms with Crippen LogP contribution in [0, 0.1) is 0 Å². The maximum atomic E-state index is 10.0. The summed E-state index contributed by atoms with van der Waals surface area (Å²) >= 11 is 0. The molecule has 0 unspecified atom stereocenters. The molecule has 4 heteroatoms. The van der Waals surface area contributed by atoms with E-state index in [1.165, 1.54) is 11.1 Å². The molecule has 0 spiro atoms. The van der Waals surface area contributed by atoms with Crippen LogP contribution in [-0.2, 0) is 6.42 Å². The molecule has 0 aliphatic carbocycles. The van der Waals surface area contributed by atoms with Crippen LogP contribution >= 0.6 is 0 Å². The molecule has 1 heterocycles. The monoisotopic (exact) mass is 327 g/mol. The van der Waals surface area contributed by atoms with Crippen LogP contribution in [0.2, 0.25) is 0 Å². The van der Waals surface area contributed by atoms with Crippen molar-refractivity contribution in [2.75, 3.05) is 27.4 Å². The first-order valence-corrected chi connectivity index (χ1v) is 8.36.